The lowest BCUT2D eigenvalue weighted by Crippen LogP contribution is -2.26. The predicted molar refractivity (Wildman–Crippen MR) is 80.7 cm³/mol. The summed E-state index contributed by atoms with van der Waals surface area (Å²) in [4.78, 5) is 35.0. The molecule has 0 radical (unpaired) electrons. The molecule has 0 aliphatic heterocycles. The van der Waals surface area contributed by atoms with Crippen LogP contribution in [0.2, 0.25) is 0 Å². The molecule has 0 unspecified atom stereocenters. The number of fused-ring (bicyclic) bond motifs is 1. The molecule has 2 rings (SSSR count). The summed E-state index contributed by atoms with van der Waals surface area (Å²) in [7, 11) is 0. The van der Waals surface area contributed by atoms with Gasteiger partial charge in [-0.05, 0) is 25.5 Å². The number of carbonyl (C=O) groups excluding carboxylic acids is 2. The van der Waals surface area contributed by atoms with Crippen molar-refractivity contribution in [1.29, 1.82) is 0 Å². The number of amides is 1. The zero-order valence-corrected chi connectivity index (χ0v) is 12.3. The number of nitrogens with one attached hydrogen (secondary N) is 1. The second-order valence-electron chi connectivity index (χ2n) is 4.64. The summed E-state index contributed by atoms with van der Waals surface area (Å²) in [5.74, 6) is -0.819. The van der Waals surface area contributed by atoms with Crippen molar-refractivity contribution in [3.05, 3.63) is 46.3 Å². The number of para-hydroxylation sites is 1. The summed E-state index contributed by atoms with van der Waals surface area (Å²) in [5.41, 5.74) is 0.102. The van der Waals surface area contributed by atoms with E-state index in [1.54, 1.807) is 31.2 Å². The Morgan fingerprint density at radius 2 is 2.05 bits per heavy atom. The van der Waals surface area contributed by atoms with E-state index in [4.69, 9.17) is 9.15 Å². The quantitative estimate of drug-likeness (QED) is 0.650. The maximum absolute atomic E-state index is 12.0. The van der Waals surface area contributed by atoms with Crippen molar-refractivity contribution in [2.24, 2.45) is 0 Å². The molecule has 22 heavy (non-hydrogen) atoms. The van der Waals surface area contributed by atoms with Gasteiger partial charge in [0, 0.05) is 19.0 Å². The molecule has 0 saturated carbocycles. The SMILES string of the molecule is CCOC(=O)CCCNC(=O)c1cc(=O)c2ccccc2o1. The zero-order chi connectivity index (χ0) is 15.9. The summed E-state index contributed by atoms with van der Waals surface area (Å²) in [6.07, 6.45) is 0.693. The van der Waals surface area contributed by atoms with Crippen molar-refractivity contribution >= 4 is 22.8 Å². The van der Waals surface area contributed by atoms with E-state index < -0.39 is 5.91 Å². The third-order valence-electron chi connectivity index (χ3n) is 3.01. The van der Waals surface area contributed by atoms with Gasteiger partial charge in [-0.2, -0.15) is 0 Å². The average molecular weight is 303 g/mol. The Hall–Kier alpha value is -2.63. The Bertz CT molecular complexity index is 735. The van der Waals surface area contributed by atoms with Crippen LogP contribution in [0, 0.1) is 0 Å². The van der Waals surface area contributed by atoms with E-state index in [2.05, 4.69) is 5.32 Å². The van der Waals surface area contributed by atoms with Crippen LogP contribution < -0.4 is 10.7 Å². The molecule has 0 aliphatic carbocycles. The van der Waals surface area contributed by atoms with E-state index in [0.717, 1.165) is 0 Å². The van der Waals surface area contributed by atoms with Crippen LogP contribution in [0.3, 0.4) is 0 Å². The van der Waals surface area contributed by atoms with E-state index in [1.807, 2.05) is 0 Å². The summed E-state index contributed by atoms with van der Waals surface area (Å²) < 4.78 is 10.2. The molecule has 0 atom stereocenters. The fourth-order valence-corrected chi connectivity index (χ4v) is 1.97. The summed E-state index contributed by atoms with van der Waals surface area (Å²) >= 11 is 0. The minimum absolute atomic E-state index is 0.0418. The maximum atomic E-state index is 12.0. The molecule has 2 aromatic rings. The number of rotatable bonds is 6. The molecule has 0 fully saturated rings. The van der Waals surface area contributed by atoms with Gasteiger partial charge in [-0.25, -0.2) is 0 Å². The van der Waals surface area contributed by atoms with Gasteiger partial charge < -0.3 is 14.5 Å². The van der Waals surface area contributed by atoms with Crippen LogP contribution in [0.25, 0.3) is 11.0 Å². The first-order chi connectivity index (χ1) is 10.6. The lowest BCUT2D eigenvalue weighted by Gasteiger charge is -2.05. The Balaban J connectivity index is 1.96. The van der Waals surface area contributed by atoms with Crippen molar-refractivity contribution in [3.63, 3.8) is 0 Å². The van der Waals surface area contributed by atoms with Gasteiger partial charge in [-0.15, -0.1) is 0 Å². The van der Waals surface area contributed by atoms with Gasteiger partial charge in [0.2, 0.25) is 0 Å². The smallest absolute Gasteiger partial charge is 0.305 e. The second-order valence-corrected chi connectivity index (χ2v) is 4.64. The third-order valence-corrected chi connectivity index (χ3v) is 3.01. The van der Waals surface area contributed by atoms with Crippen LogP contribution in [-0.4, -0.2) is 25.0 Å². The molecule has 0 spiro atoms. The largest absolute Gasteiger partial charge is 0.466 e. The van der Waals surface area contributed by atoms with Crippen molar-refractivity contribution in [2.45, 2.75) is 19.8 Å². The molecular weight excluding hydrogens is 286 g/mol. The fourth-order valence-electron chi connectivity index (χ4n) is 1.97. The summed E-state index contributed by atoms with van der Waals surface area (Å²) in [5, 5.41) is 3.04. The molecule has 1 aromatic carbocycles. The van der Waals surface area contributed by atoms with Gasteiger partial charge >= 0.3 is 5.97 Å². The van der Waals surface area contributed by atoms with Crippen LogP contribution in [-0.2, 0) is 9.53 Å². The molecular formula is C16H17NO5. The minimum Gasteiger partial charge on any atom is -0.466 e. The van der Waals surface area contributed by atoms with E-state index in [1.165, 1.54) is 6.07 Å². The molecule has 0 aliphatic rings. The number of hydrogen-bond donors (Lipinski definition) is 1. The first kappa shape index (κ1) is 15.8. The molecule has 1 heterocycles. The van der Waals surface area contributed by atoms with Crippen LogP contribution in [0.1, 0.15) is 30.3 Å². The average Bonchev–Trinajstić information content (AvgIpc) is 2.51. The maximum Gasteiger partial charge on any atom is 0.305 e. The van der Waals surface area contributed by atoms with Gasteiger partial charge in [-0.3, -0.25) is 14.4 Å². The molecule has 6 heteroatoms. The Morgan fingerprint density at radius 3 is 2.82 bits per heavy atom. The molecule has 0 saturated heterocycles. The molecule has 6 nitrogen and oxygen atoms in total. The zero-order valence-electron chi connectivity index (χ0n) is 12.3. The number of esters is 1. The highest BCUT2D eigenvalue weighted by Gasteiger charge is 2.11. The van der Waals surface area contributed by atoms with Gasteiger partial charge in [0.05, 0.1) is 12.0 Å². The number of benzene rings is 1. The first-order valence-corrected chi connectivity index (χ1v) is 7.08. The van der Waals surface area contributed by atoms with E-state index in [9.17, 15) is 14.4 Å². The van der Waals surface area contributed by atoms with Gasteiger partial charge in [0.25, 0.3) is 5.91 Å². The molecule has 1 N–H and O–H groups in total. The third kappa shape index (κ3) is 3.94. The highest BCUT2D eigenvalue weighted by molar-refractivity contribution is 5.93. The van der Waals surface area contributed by atoms with Gasteiger partial charge in [0.15, 0.2) is 11.2 Å². The van der Waals surface area contributed by atoms with E-state index >= 15 is 0 Å². The van der Waals surface area contributed by atoms with Crippen molar-refractivity contribution in [2.75, 3.05) is 13.2 Å². The van der Waals surface area contributed by atoms with Crippen LogP contribution in [0.5, 0.6) is 0 Å². The number of ether oxygens (including phenoxy) is 1. The lowest BCUT2D eigenvalue weighted by atomic mass is 10.2. The highest BCUT2D eigenvalue weighted by atomic mass is 16.5. The van der Waals surface area contributed by atoms with Gasteiger partial charge in [0.1, 0.15) is 5.58 Å². The highest BCUT2D eigenvalue weighted by Crippen LogP contribution is 2.11. The summed E-state index contributed by atoms with van der Waals surface area (Å²) in [6.45, 7) is 2.38. The normalized spacial score (nSPS) is 10.4. The lowest BCUT2D eigenvalue weighted by molar-refractivity contribution is -0.143. The number of carbonyl (C=O) groups is 2. The molecule has 116 valence electrons. The Labute approximate surface area is 127 Å². The minimum atomic E-state index is -0.480. The van der Waals surface area contributed by atoms with Crippen molar-refractivity contribution in [1.82, 2.24) is 5.32 Å². The van der Waals surface area contributed by atoms with Crippen molar-refractivity contribution in [3.8, 4) is 0 Å². The fraction of sp³-hybridized carbons (Fsp3) is 0.312. The molecule has 1 amide bonds. The topological polar surface area (TPSA) is 85.6 Å². The Kier molecular flexibility index (Phi) is 5.30. The second kappa shape index (κ2) is 7.40. The van der Waals surface area contributed by atoms with E-state index in [0.29, 0.717) is 30.5 Å². The van der Waals surface area contributed by atoms with Crippen LogP contribution >= 0.6 is 0 Å². The first-order valence-electron chi connectivity index (χ1n) is 7.08. The van der Waals surface area contributed by atoms with Crippen LogP contribution in [0.15, 0.2) is 39.5 Å². The molecule has 1 aromatic heterocycles. The van der Waals surface area contributed by atoms with Crippen molar-refractivity contribution < 1.29 is 18.7 Å². The molecule has 0 bridgehead atoms. The standard InChI is InChI=1S/C16H17NO5/c1-2-21-15(19)8-5-9-17-16(20)14-10-12(18)11-6-3-4-7-13(11)22-14/h3-4,6-7,10H,2,5,8-9H2,1H3,(H,17,20). The van der Waals surface area contributed by atoms with E-state index in [-0.39, 0.29) is 23.6 Å². The summed E-state index contributed by atoms with van der Waals surface area (Å²) in [6, 6.07) is 7.90. The predicted octanol–water partition coefficient (Wildman–Crippen LogP) is 1.87. The number of hydrogen-bond acceptors (Lipinski definition) is 5. The van der Waals surface area contributed by atoms with Crippen LogP contribution in [0.4, 0.5) is 0 Å². The Morgan fingerprint density at radius 1 is 1.27 bits per heavy atom. The van der Waals surface area contributed by atoms with Gasteiger partial charge in [-0.1, -0.05) is 12.1 Å². The monoisotopic (exact) mass is 303 g/mol.